The molecule has 0 bridgehead atoms. The normalized spacial score (nSPS) is 14.3. The van der Waals surface area contributed by atoms with Crippen LogP contribution in [0.3, 0.4) is 0 Å². The highest BCUT2D eigenvalue weighted by Gasteiger charge is 2.24. The monoisotopic (exact) mass is 413 g/mol. The van der Waals surface area contributed by atoms with E-state index in [1.54, 1.807) is 19.1 Å². The van der Waals surface area contributed by atoms with E-state index in [-0.39, 0.29) is 29.2 Å². The molecule has 0 saturated carbocycles. The van der Waals surface area contributed by atoms with Crippen molar-refractivity contribution in [1.29, 1.82) is 0 Å². The van der Waals surface area contributed by atoms with Crippen molar-refractivity contribution in [3.8, 4) is 0 Å². The first-order chi connectivity index (χ1) is 14.4. The predicted octanol–water partition coefficient (Wildman–Crippen LogP) is 2.17. The van der Waals surface area contributed by atoms with Crippen molar-refractivity contribution in [3.05, 3.63) is 57.8 Å². The lowest BCUT2D eigenvalue weighted by molar-refractivity contribution is -0.384. The maximum absolute atomic E-state index is 12.6. The Bertz CT molecular complexity index is 956. The van der Waals surface area contributed by atoms with Crippen LogP contribution >= 0.6 is 0 Å². The van der Waals surface area contributed by atoms with Crippen molar-refractivity contribution >= 4 is 29.1 Å². The van der Waals surface area contributed by atoms with Crippen molar-refractivity contribution in [2.24, 2.45) is 0 Å². The molecular formula is C20H23N5O5. The third-order valence-corrected chi connectivity index (χ3v) is 4.79. The summed E-state index contributed by atoms with van der Waals surface area (Å²) in [6.07, 6.45) is 1.38. The van der Waals surface area contributed by atoms with Gasteiger partial charge in [-0.15, -0.1) is 0 Å². The fourth-order valence-corrected chi connectivity index (χ4v) is 3.15. The van der Waals surface area contributed by atoms with Crippen LogP contribution < -0.4 is 10.2 Å². The summed E-state index contributed by atoms with van der Waals surface area (Å²) in [6.45, 7) is 4.89. The summed E-state index contributed by atoms with van der Waals surface area (Å²) >= 11 is 0. The standard InChI is InChI=1S/C20H23N5O5/c1-3-30-20(27)15-6-7-21-18(13-15)22-19(26)14-4-5-16(17(12-14)25(28)29)24-10-8-23(2)9-11-24/h4-7,12-13H,3,8-11H2,1-2H3,(H,21,22,26). The fraction of sp³-hybridized carbons (Fsp3) is 0.350. The number of aromatic nitrogens is 1. The minimum atomic E-state index is -0.559. The topological polar surface area (TPSA) is 118 Å². The zero-order valence-electron chi connectivity index (χ0n) is 16.8. The van der Waals surface area contributed by atoms with Gasteiger partial charge in [0.25, 0.3) is 11.6 Å². The summed E-state index contributed by atoms with van der Waals surface area (Å²) in [4.78, 5) is 43.7. The van der Waals surface area contributed by atoms with Crippen LogP contribution in [-0.2, 0) is 4.74 Å². The molecule has 0 aliphatic carbocycles. The molecule has 1 saturated heterocycles. The maximum Gasteiger partial charge on any atom is 0.338 e. The van der Waals surface area contributed by atoms with Crippen molar-refractivity contribution in [3.63, 3.8) is 0 Å². The Balaban J connectivity index is 1.80. The first-order valence-electron chi connectivity index (χ1n) is 9.55. The van der Waals surface area contributed by atoms with Gasteiger partial charge in [0.2, 0.25) is 0 Å². The minimum absolute atomic E-state index is 0.125. The molecule has 1 amide bonds. The first-order valence-corrected chi connectivity index (χ1v) is 9.55. The van der Waals surface area contributed by atoms with Crippen molar-refractivity contribution in [2.75, 3.05) is 50.1 Å². The number of hydrogen-bond donors (Lipinski definition) is 1. The van der Waals surface area contributed by atoms with E-state index in [1.165, 1.54) is 24.4 Å². The van der Waals surface area contributed by atoms with Gasteiger partial charge in [-0.2, -0.15) is 0 Å². The lowest BCUT2D eigenvalue weighted by Gasteiger charge is -2.33. The Morgan fingerprint density at radius 1 is 1.17 bits per heavy atom. The number of rotatable bonds is 6. The van der Waals surface area contributed by atoms with Crippen LogP contribution in [0.25, 0.3) is 0 Å². The molecule has 1 aliphatic heterocycles. The fourth-order valence-electron chi connectivity index (χ4n) is 3.15. The largest absolute Gasteiger partial charge is 0.462 e. The van der Waals surface area contributed by atoms with Gasteiger partial charge in [-0.25, -0.2) is 9.78 Å². The molecule has 10 heteroatoms. The van der Waals surface area contributed by atoms with Gasteiger partial charge in [-0.3, -0.25) is 14.9 Å². The number of pyridine rings is 1. The zero-order chi connectivity index (χ0) is 21.7. The number of nitro groups is 1. The van der Waals surface area contributed by atoms with E-state index in [4.69, 9.17) is 4.74 Å². The second-order valence-corrected chi connectivity index (χ2v) is 6.86. The van der Waals surface area contributed by atoms with Gasteiger partial charge in [0.1, 0.15) is 11.5 Å². The molecule has 158 valence electrons. The van der Waals surface area contributed by atoms with Crippen LogP contribution in [0.5, 0.6) is 0 Å². The van der Waals surface area contributed by atoms with E-state index in [0.717, 1.165) is 13.1 Å². The number of nitrogens with one attached hydrogen (secondary N) is 1. The van der Waals surface area contributed by atoms with E-state index >= 15 is 0 Å². The van der Waals surface area contributed by atoms with Crippen LogP contribution in [0.4, 0.5) is 17.2 Å². The number of benzene rings is 1. The van der Waals surface area contributed by atoms with E-state index < -0.39 is 16.8 Å². The third kappa shape index (κ3) is 4.90. The smallest absolute Gasteiger partial charge is 0.338 e. The molecule has 1 fully saturated rings. The molecule has 1 aliphatic rings. The third-order valence-electron chi connectivity index (χ3n) is 4.79. The summed E-state index contributed by atoms with van der Waals surface area (Å²) < 4.78 is 4.93. The van der Waals surface area contributed by atoms with Crippen LogP contribution in [0.1, 0.15) is 27.6 Å². The quantitative estimate of drug-likeness (QED) is 0.435. The number of esters is 1. The lowest BCUT2D eigenvalue weighted by atomic mass is 10.1. The van der Waals surface area contributed by atoms with Gasteiger partial charge in [0, 0.05) is 44.0 Å². The molecule has 3 rings (SSSR count). The number of hydrogen-bond acceptors (Lipinski definition) is 8. The molecule has 0 unspecified atom stereocenters. The molecule has 2 aromatic rings. The van der Waals surface area contributed by atoms with Gasteiger partial charge in [0.05, 0.1) is 17.1 Å². The Hall–Kier alpha value is -3.53. The molecule has 0 radical (unpaired) electrons. The number of ether oxygens (including phenoxy) is 1. The van der Waals surface area contributed by atoms with Crippen molar-refractivity contribution in [2.45, 2.75) is 6.92 Å². The lowest BCUT2D eigenvalue weighted by Crippen LogP contribution is -2.44. The summed E-state index contributed by atoms with van der Waals surface area (Å²) in [7, 11) is 2.00. The van der Waals surface area contributed by atoms with Crippen LogP contribution in [0, 0.1) is 10.1 Å². The molecule has 2 heterocycles. The highest BCUT2D eigenvalue weighted by Crippen LogP contribution is 2.30. The van der Waals surface area contributed by atoms with E-state index in [9.17, 15) is 19.7 Å². The second-order valence-electron chi connectivity index (χ2n) is 6.86. The maximum atomic E-state index is 12.6. The number of piperazine rings is 1. The van der Waals surface area contributed by atoms with Gasteiger partial charge in [-0.1, -0.05) is 0 Å². The summed E-state index contributed by atoms with van der Waals surface area (Å²) in [5.41, 5.74) is 0.744. The molecular weight excluding hydrogens is 390 g/mol. The molecule has 0 atom stereocenters. The Morgan fingerprint density at radius 2 is 1.90 bits per heavy atom. The van der Waals surface area contributed by atoms with Gasteiger partial charge in [0.15, 0.2) is 0 Å². The number of nitro benzene ring substituents is 1. The number of nitrogens with zero attached hydrogens (tertiary/aromatic N) is 4. The Labute approximate surface area is 173 Å². The van der Waals surface area contributed by atoms with Crippen LogP contribution in [-0.4, -0.2) is 66.5 Å². The molecule has 1 aromatic heterocycles. The minimum Gasteiger partial charge on any atom is -0.462 e. The van der Waals surface area contributed by atoms with Gasteiger partial charge in [-0.05, 0) is 38.2 Å². The number of anilines is 2. The Kier molecular flexibility index (Phi) is 6.58. The van der Waals surface area contributed by atoms with Gasteiger partial charge < -0.3 is 19.9 Å². The average Bonchev–Trinajstić information content (AvgIpc) is 2.74. The number of carbonyl (C=O) groups excluding carboxylic acids is 2. The van der Waals surface area contributed by atoms with E-state index in [0.29, 0.717) is 18.8 Å². The average molecular weight is 413 g/mol. The summed E-state index contributed by atoms with van der Waals surface area (Å²) in [5, 5.41) is 14.2. The zero-order valence-corrected chi connectivity index (χ0v) is 16.8. The van der Waals surface area contributed by atoms with Crippen molar-refractivity contribution in [1.82, 2.24) is 9.88 Å². The highest BCUT2D eigenvalue weighted by molar-refractivity contribution is 6.05. The van der Waals surface area contributed by atoms with Crippen molar-refractivity contribution < 1.29 is 19.2 Å². The molecule has 30 heavy (non-hydrogen) atoms. The highest BCUT2D eigenvalue weighted by atomic mass is 16.6. The molecule has 1 aromatic carbocycles. The second kappa shape index (κ2) is 9.31. The predicted molar refractivity (Wildman–Crippen MR) is 111 cm³/mol. The molecule has 0 spiro atoms. The van der Waals surface area contributed by atoms with E-state index in [1.807, 2.05) is 11.9 Å². The number of amides is 1. The van der Waals surface area contributed by atoms with Crippen LogP contribution in [0.2, 0.25) is 0 Å². The first kappa shape index (κ1) is 21.2. The SMILES string of the molecule is CCOC(=O)c1ccnc(NC(=O)c2ccc(N3CCN(C)CC3)c([N+](=O)[O-])c2)c1. The molecule has 1 N–H and O–H groups in total. The number of carbonyl (C=O) groups is 2. The summed E-state index contributed by atoms with van der Waals surface area (Å²) in [6, 6.07) is 7.27. The van der Waals surface area contributed by atoms with E-state index in [2.05, 4.69) is 15.2 Å². The van der Waals surface area contributed by atoms with Crippen LogP contribution in [0.15, 0.2) is 36.5 Å². The Morgan fingerprint density at radius 3 is 2.57 bits per heavy atom. The number of likely N-dealkylation sites (N-methyl/N-ethyl adjacent to an activating group) is 1. The van der Waals surface area contributed by atoms with Gasteiger partial charge >= 0.3 is 5.97 Å². The summed E-state index contributed by atoms with van der Waals surface area (Å²) in [5.74, 6) is -0.935. The molecule has 10 nitrogen and oxygen atoms in total.